The van der Waals surface area contributed by atoms with Gasteiger partial charge in [0.1, 0.15) is 11.1 Å². The Hall–Kier alpha value is -2.25. The van der Waals surface area contributed by atoms with Gasteiger partial charge < -0.3 is 19.4 Å². The van der Waals surface area contributed by atoms with Gasteiger partial charge in [0.15, 0.2) is 0 Å². The van der Waals surface area contributed by atoms with Crippen molar-refractivity contribution in [1.82, 2.24) is 10.2 Å². The molecule has 2 saturated heterocycles. The van der Waals surface area contributed by atoms with Gasteiger partial charge in [0.25, 0.3) is 5.91 Å². The molecule has 0 aliphatic carbocycles. The number of nitrogens with one attached hydrogen (secondary N) is 1. The molecule has 6 nitrogen and oxygen atoms in total. The Labute approximate surface area is 162 Å². The van der Waals surface area contributed by atoms with Crippen LogP contribution in [0.3, 0.4) is 0 Å². The van der Waals surface area contributed by atoms with E-state index in [9.17, 15) is 9.59 Å². The van der Waals surface area contributed by atoms with E-state index in [1.807, 2.05) is 41.3 Å². The summed E-state index contributed by atoms with van der Waals surface area (Å²) in [5, 5.41) is 2.87. The van der Waals surface area contributed by atoms with Gasteiger partial charge >= 0.3 is 0 Å². The first-order valence-corrected chi connectivity index (χ1v) is 10.2. The quantitative estimate of drug-likeness (QED) is 0.826. The van der Waals surface area contributed by atoms with E-state index in [4.69, 9.17) is 9.15 Å². The van der Waals surface area contributed by atoms with Crippen molar-refractivity contribution in [3.63, 3.8) is 0 Å². The monoisotopic (exact) mass is 386 g/mol. The fourth-order valence-electron chi connectivity index (χ4n) is 3.38. The first kappa shape index (κ1) is 18.1. The largest absolute Gasteiger partial charge is 0.467 e. The third kappa shape index (κ3) is 4.20. The Morgan fingerprint density at radius 2 is 2.11 bits per heavy atom. The zero-order valence-corrected chi connectivity index (χ0v) is 15.7. The van der Waals surface area contributed by atoms with E-state index in [2.05, 4.69) is 5.32 Å². The first-order chi connectivity index (χ1) is 13.2. The molecule has 2 fully saturated rings. The fourth-order valence-corrected chi connectivity index (χ4v) is 4.57. The Morgan fingerprint density at radius 1 is 1.26 bits per heavy atom. The Bertz CT molecular complexity index is 785. The normalized spacial score (nSPS) is 22.4. The predicted octanol–water partition coefficient (Wildman–Crippen LogP) is 2.96. The second kappa shape index (κ2) is 8.19. The van der Waals surface area contributed by atoms with Crippen LogP contribution in [-0.4, -0.2) is 41.7 Å². The summed E-state index contributed by atoms with van der Waals surface area (Å²) in [5.74, 6) is 1.22. The minimum atomic E-state index is -0.0976. The average molecular weight is 386 g/mol. The Morgan fingerprint density at radius 3 is 2.81 bits per heavy atom. The van der Waals surface area contributed by atoms with Crippen LogP contribution < -0.4 is 5.32 Å². The van der Waals surface area contributed by atoms with E-state index in [0.29, 0.717) is 24.4 Å². The van der Waals surface area contributed by atoms with Crippen molar-refractivity contribution in [2.75, 3.05) is 18.9 Å². The van der Waals surface area contributed by atoms with Crippen LogP contribution in [0.15, 0.2) is 47.1 Å². The highest BCUT2D eigenvalue weighted by Crippen LogP contribution is 2.39. The van der Waals surface area contributed by atoms with E-state index in [1.54, 1.807) is 18.0 Å². The molecule has 1 aromatic heterocycles. The van der Waals surface area contributed by atoms with Gasteiger partial charge in [-0.1, -0.05) is 12.1 Å². The average Bonchev–Trinajstić information content (AvgIpc) is 3.44. The van der Waals surface area contributed by atoms with Crippen molar-refractivity contribution in [3.05, 3.63) is 59.5 Å². The summed E-state index contributed by atoms with van der Waals surface area (Å²) >= 11 is 1.59. The molecule has 2 aliphatic rings. The highest BCUT2D eigenvalue weighted by Gasteiger charge is 2.33. The molecule has 142 valence electrons. The minimum Gasteiger partial charge on any atom is -0.467 e. The van der Waals surface area contributed by atoms with Gasteiger partial charge in [-0.2, -0.15) is 0 Å². The lowest BCUT2D eigenvalue weighted by atomic mass is 10.1. The van der Waals surface area contributed by atoms with E-state index in [0.717, 1.165) is 30.8 Å². The van der Waals surface area contributed by atoms with Crippen molar-refractivity contribution in [2.45, 2.75) is 30.9 Å². The minimum absolute atomic E-state index is 0.0633. The number of ether oxygens (including phenoxy) is 1. The highest BCUT2D eigenvalue weighted by atomic mass is 32.2. The van der Waals surface area contributed by atoms with E-state index in [1.165, 1.54) is 0 Å². The molecule has 2 amide bonds. The van der Waals surface area contributed by atoms with Crippen LogP contribution >= 0.6 is 11.8 Å². The van der Waals surface area contributed by atoms with Gasteiger partial charge in [-0.15, -0.1) is 11.8 Å². The number of carbonyl (C=O) groups excluding carboxylic acids is 2. The maximum atomic E-state index is 12.3. The van der Waals surface area contributed by atoms with Crippen molar-refractivity contribution in [2.24, 2.45) is 0 Å². The molecule has 1 N–H and O–H groups in total. The van der Waals surface area contributed by atoms with Gasteiger partial charge in [0.05, 0.1) is 24.7 Å². The maximum absolute atomic E-state index is 12.3. The molecule has 0 bridgehead atoms. The molecule has 0 saturated carbocycles. The number of furan rings is 1. The molecule has 2 atom stereocenters. The molecule has 2 aromatic rings. The van der Waals surface area contributed by atoms with Crippen molar-refractivity contribution in [1.29, 1.82) is 0 Å². The molecule has 0 spiro atoms. The number of benzene rings is 1. The lowest BCUT2D eigenvalue weighted by molar-refractivity contribution is -0.128. The van der Waals surface area contributed by atoms with Crippen LogP contribution in [0.5, 0.6) is 0 Å². The summed E-state index contributed by atoms with van der Waals surface area (Å²) in [6.07, 6.45) is 3.80. The van der Waals surface area contributed by atoms with Crippen LogP contribution in [0.4, 0.5) is 0 Å². The Kier molecular flexibility index (Phi) is 5.50. The summed E-state index contributed by atoms with van der Waals surface area (Å²) < 4.78 is 10.9. The summed E-state index contributed by atoms with van der Waals surface area (Å²) in [4.78, 5) is 26.4. The molecule has 3 heterocycles. The lowest BCUT2D eigenvalue weighted by Gasteiger charge is -2.23. The van der Waals surface area contributed by atoms with E-state index >= 15 is 0 Å². The molecule has 1 aromatic carbocycles. The third-order valence-corrected chi connectivity index (χ3v) is 6.10. The molecule has 27 heavy (non-hydrogen) atoms. The third-order valence-electron chi connectivity index (χ3n) is 4.85. The zero-order valence-electron chi connectivity index (χ0n) is 14.9. The van der Waals surface area contributed by atoms with Crippen molar-refractivity contribution in [3.8, 4) is 0 Å². The van der Waals surface area contributed by atoms with E-state index < -0.39 is 0 Å². The predicted molar refractivity (Wildman–Crippen MR) is 102 cm³/mol. The smallest absolute Gasteiger partial charge is 0.251 e. The summed E-state index contributed by atoms with van der Waals surface area (Å²) in [7, 11) is 0. The van der Waals surface area contributed by atoms with Gasteiger partial charge in [-0.05, 0) is 42.7 Å². The van der Waals surface area contributed by atoms with E-state index in [-0.39, 0.29) is 23.3 Å². The fraction of sp³-hybridized carbons (Fsp3) is 0.400. The molecular weight excluding hydrogens is 364 g/mol. The van der Waals surface area contributed by atoms with Crippen LogP contribution in [0.2, 0.25) is 0 Å². The Balaban J connectivity index is 1.40. The second-order valence-corrected chi connectivity index (χ2v) is 7.80. The van der Waals surface area contributed by atoms with Gasteiger partial charge in [0, 0.05) is 18.7 Å². The molecule has 2 aliphatic heterocycles. The molecule has 2 unspecified atom stereocenters. The van der Waals surface area contributed by atoms with Crippen molar-refractivity contribution < 1.29 is 18.7 Å². The number of rotatable bonds is 6. The number of thioether (sulfide) groups is 1. The number of carbonyl (C=O) groups is 2. The SMILES string of the molecule is O=C(NCC1CCCO1)c1ccc(C2SCC(=O)N2Cc2ccco2)cc1. The topological polar surface area (TPSA) is 71.8 Å². The summed E-state index contributed by atoms with van der Waals surface area (Å²) in [6, 6.07) is 11.2. The maximum Gasteiger partial charge on any atom is 0.251 e. The zero-order chi connectivity index (χ0) is 18.6. The first-order valence-electron chi connectivity index (χ1n) is 9.14. The number of amides is 2. The van der Waals surface area contributed by atoms with Crippen molar-refractivity contribution >= 4 is 23.6 Å². The number of hydrogen-bond acceptors (Lipinski definition) is 5. The van der Waals surface area contributed by atoms with Crippen LogP contribution in [0.1, 0.15) is 39.9 Å². The second-order valence-electron chi connectivity index (χ2n) is 6.73. The lowest BCUT2D eigenvalue weighted by Crippen LogP contribution is -2.31. The number of nitrogens with zero attached hydrogens (tertiary/aromatic N) is 1. The van der Waals surface area contributed by atoms with Crippen LogP contribution in [-0.2, 0) is 16.1 Å². The van der Waals surface area contributed by atoms with Crippen LogP contribution in [0.25, 0.3) is 0 Å². The highest BCUT2D eigenvalue weighted by molar-refractivity contribution is 8.00. The van der Waals surface area contributed by atoms with Gasteiger partial charge in [-0.25, -0.2) is 0 Å². The number of hydrogen-bond donors (Lipinski definition) is 1. The van der Waals surface area contributed by atoms with Crippen LogP contribution in [0, 0.1) is 0 Å². The van der Waals surface area contributed by atoms with Gasteiger partial charge in [0.2, 0.25) is 5.91 Å². The molecule has 0 radical (unpaired) electrons. The summed E-state index contributed by atoms with van der Waals surface area (Å²) in [6.45, 7) is 1.78. The molecular formula is C20H22N2O4S. The molecule has 7 heteroatoms. The van der Waals surface area contributed by atoms with Gasteiger partial charge in [-0.3, -0.25) is 9.59 Å². The standard InChI is InChI=1S/C20H22N2O4S/c23-18-13-27-20(22(18)12-17-4-2-10-26-17)15-7-5-14(6-8-15)19(24)21-11-16-3-1-9-25-16/h2,4-8,10,16,20H,1,3,9,11-13H2,(H,21,24). The summed E-state index contributed by atoms with van der Waals surface area (Å²) in [5.41, 5.74) is 1.62. The molecule has 4 rings (SSSR count).